The van der Waals surface area contributed by atoms with Crippen molar-refractivity contribution in [2.24, 2.45) is 4.99 Å². The smallest absolute Gasteiger partial charge is 0.226 e. The van der Waals surface area contributed by atoms with E-state index in [0.29, 0.717) is 24.9 Å². The summed E-state index contributed by atoms with van der Waals surface area (Å²) in [6.07, 6.45) is 1.63. The molecule has 0 radical (unpaired) electrons. The Balaban J connectivity index is 1.74. The zero-order valence-corrected chi connectivity index (χ0v) is 14.5. The highest BCUT2D eigenvalue weighted by atomic mass is 16.5. The molecular formula is C17H25N5O2. The summed E-state index contributed by atoms with van der Waals surface area (Å²) < 4.78 is 10.7. The van der Waals surface area contributed by atoms with Crippen LogP contribution in [0.2, 0.25) is 0 Å². The van der Waals surface area contributed by atoms with Gasteiger partial charge in [0.05, 0.1) is 6.61 Å². The van der Waals surface area contributed by atoms with Crippen molar-refractivity contribution in [1.29, 1.82) is 0 Å². The van der Waals surface area contributed by atoms with Crippen LogP contribution in [0, 0.1) is 6.92 Å². The van der Waals surface area contributed by atoms with Crippen LogP contribution < -0.4 is 15.4 Å². The van der Waals surface area contributed by atoms with Crippen molar-refractivity contribution in [1.82, 2.24) is 20.8 Å². The fourth-order valence-corrected chi connectivity index (χ4v) is 2.23. The van der Waals surface area contributed by atoms with Crippen molar-refractivity contribution >= 4 is 5.96 Å². The molecule has 0 aliphatic heterocycles. The maximum absolute atomic E-state index is 5.63. The zero-order valence-electron chi connectivity index (χ0n) is 14.5. The largest absolute Gasteiger partial charge is 0.494 e. The number of nitrogens with one attached hydrogen (secondary N) is 2. The number of para-hydroxylation sites is 1. The molecule has 0 bridgehead atoms. The highest BCUT2D eigenvalue weighted by Gasteiger charge is 2.05. The minimum atomic E-state index is 0.651. The van der Waals surface area contributed by atoms with Gasteiger partial charge in [0.15, 0.2) is 11.8 Å². The second-order valence-electron chi connectivity index (χ2n) is 5.23. The summed E-state index contributed by atoms with van der Waals surface area (Å²) in [4.78, 5) is 8.41. The van der Waals surface area contributed by atoms with Crippen molar-refractivity contribution in [3.63, 3.8) is 0 Å². The third kappa shape index (κ3) is 5.57. The summed E-state index contributed by atoms with van der Waals surface area (Å²) >= 11 is 0. The zero-order chi connectivity index (χ0) is 17.2. The SMILES string of the molecule is CCOc1ccccc1CNC(=NC)NCCCc1nc(C)no1. The van der Waals surface area contributed by atoms with Crippen molar-refractivity contribution in [2.75, 3.05) is 20.2 Å². The molecule has 1 heterocycles. The number of aromatic nitrogens is 2. The Kier molecular flexibility index (Phi) is 7.07. The van der Waals surface area contributed by atoms with Gasteiger partial charge in [-0.25, -0.2) is 0 Å². The molecule has 0 saturated heterocycles. The molecule has 0 saturated carbocycles. The fourth-order valence-electron chi connectivity index (χ4n) is 2.23. The van der Waals surface area contributed by atoms with E-state index in [1.807, 2.05) is 38.1 Å². The van der Waals surface area contributed by atoms with Crippen molar-refractivity contribution in [3.8, 4) is 5.75 Å². The third-order valence-corrected chi connectivity index (χ3v) is 3.37. The summed E-state index contributed by atoms with van der Waals surface area (Å²) in [5, 5.41) is 10.3. The van der Waals surface area contributed by atoms with E-state index >= 15 is 0 Å². The van der Waals surface area contributed by atoms with Gasteiger partial charge in [-0.2, -0.15) is 4.98 Å². The molecule has 7 nitrogen and oxygen atoms in total. The number of ether oxygens (including phenoxy) is 1. The van der Waals surface area contributed by atoms with Crippen LogP contribution in [0.25, 0.3) is 0 Å². The molecular weight excluding hydrogens is 306 g/mol. The van der Waals surface area contributed by atoms with Crippen LogP contribution in [0.5, 0.6) is 5.75 Å². The van der Waals surface area contributed by atoms with Crippen LogP contribution in [0.1, 0.15) is 30.6 Å². The van der Waals surface area contributed by atoms with E-state index in [0.717, 1.165) is 36.7 Å². The molecule has 130 valence electrons. The van der Waals surface area contributed by atoms with E-state index < -0.39 is 0 Å². The number of hydrogen-bond donors (Lipinski definition) is 2. The Hall–Kier alpha value is -2.57. The van der Waals surface area contributed by atoms with Gasteiger partial charge in [-0.3, -0.25) is 4.99 Å². The standard InChI is InChI=1S/C17H25N5O2/c1-4-23-15-9-6-5-8-14(15)12-20-17(18-3)19-11-7-10-16-21-13(2)22-24-16/h5-6,8-9H,4,7,10-12H2,1-3H3,(H2,18,19,20). The summed E-state index contributed by atoms with van der Waals surface area (Å²) in [6.45, 7) is 5.87. The van der Waals surface area contributed by atoms with Gasteiger partial charge < -0.3 is 19.9 Å². The van der Waals surface area contributed by atoms with Crippen LogP contribution in [0.15, 0.2) is 33.8 Å². The van der Waals surface area contributed by atoms with Crippen LogP contribution in [-0.4, -0.2) is 36.3 Å². The van der Waals surface area contributed by atoms with Gasteiger partial charge in [0.2, 0.25) is 5.89 Å². The Labute approximate surface area is 142 Å². The molecule has 0 atom stereocenters. The lowest BCUT2D eigenvalue weighted by Crippen LogP contribution is -2.37. The first-order valence-electron chi connectivity index (χ1n) is 8.17. The lowest BCUT2D eigenvalue weighted by Gasteiger charge is -2.14. The van der Waals surface area contributed by atoms with Gasteiger partial charge >= 0.3 is 0 Å². The number of hydrogen-bond acceptors (Lipinski definition) is 5. The number of benzene rings is 1. The summed E-state index contributed by atoms with van der Waals surface area (Å²) in [7, 11) is 1.76. The van der Waals surface area contributed by atoms with Crippen LogP contribution in [-0.2, 0) is 13.0 Å². The lowest BCUT2D eigenvalue weighted by molar-refractivity contribution is 0.336. The van der Waals surface area contributed by atoms with Gasteiger partial charge in [0.1, 0.15) is 5.75 Å². The molecule has 2 N–H and O–H groups in total. The molecule has 24 heavy (non-hydrogen) atoms. The van der Waals surface area contributed by atoms with Crippen LogP contribution in [0.3, 0.4) is 0 Å². The number of aryl methyl sites for hydroxylation is 2. The van der Waals surface area contributed by atoms with Crippen molar-refractivity contribution in [2.45, 2.75) is 33.2 Å². The van der Waals surface area contributed by atoms with Crippen molar-refractivity contribution < 1.29 is 9.26 Å². The Bertz CT molecular complexity index is 654. The van der Waals surface area contributed by atoms with E-state index in [2.05, 4.69) is 25.8 Å². The van der Waals surface area contributed by atoms with Gasteiger partial charge in [-0.05, 0) is 26.3 Å². The van der Waals surface area contributed by atoms with Crippen molar-refractivity contribution in [3.05, 3.63) is 41.5 Å². The average Bonchev–Trinajstić information content (AvgIpc) is 3.01. The summed E-state index contributed by atoms with van der Waals surface area (Å²) in [6, 6.07) is 8.00. The maximum Gasteiger partial charge on any atom is 0.226 e. The average molecular weight is 331 g/mol. The number of rotatable bonds is 8. The second kappa shape index (κ2) is 9.54. The van der Waals surface area contributed by atoms with Crippen LogP contribution >= 0.6 is 0 Å². The molecule has 0 fully saturated rings. The third-order valence-electron chi connectivity index (χ3n) is 3.37. The van der Waals surface area contributed by atoms with E-state index in [1.54, 1.807) is 7.05 Å². The Morgan fingerprint density at radius 2 is 2.12 bits per heavy atom. The molecule has 0 aliphatic carbocycles. The van der Waals surface area contributed by atoms with E-state index in [9.17, 15) is 0 Å². The Morgan fingerprint density at radius 1 is 1.29 bits per heavy atom. The quantitative estimate of drug-likeness (QED) is 0.438. The fraction of sp³-hybridized carbons (Fsp3) is 0.471. The normalized spacial score (nSPS) is 11.4. The molecule has 1 aromatic heterocycles. The first-order valence-corrected chi connectivity index (χ1v) is 8.17. The predicted molar refractivity (Wildman–Crippen MR) is 93.2 cm³/mol. The van der Waals surface area contributed by atoms with E-state index in [-0.39, 0.29) is 0 Å². The molecule has 7 heteroatoms. The van der Waals surface area contributed by atoms with Gasteiger partial charge in [-0.15, -0.1) is 0 Å². The minimum absolute atomic E-state index is 0.651. The van der Waals surface area contributed by atoms with E-state index in [4.69, 9.17) is 9.26 Å². The Morgan fingerprint density at radius 3 is 2.83 bits per heavy atom. The van der Waals surface area contributed by atoms with Gasteiger partial charge in [-0.1, -0.05) is 23.4 Å². The first kappa shape index (κ1) is 17.8. The molecule has 0 unspecified atom stereocenters. The number of aliphatic imine (C=N–C) groups is 1. The molecule has 2 rings (SSSR count). The molecule has 0 amide bonds. The van der Waals surface area contributed by atoms with Gasteiger partial charge in [0.25, 0.3) is 0 Å². The molecule has 2 aromatic rings. The minimum Gasteiger partial charge on any atom is -0.494 e. The molecule has 0 spiro atoms. The molecule has 0 aliphatic rings. The second-order valence-corrected chi connectivity index (χ2v) is 5.23. The van der Waals surface area contributed by atoms with Crippen LogP contribution in [0.4, 0.5) is 0 Å². The lowest BCUT2D eigenvalue weighted by atomic mass is 10.2. The number of guanidine groups is 1. The highest BCUT2D eigenvalue weighted by Crippen LogP contribution is 2.17. The summed E-state index contributed by atoms with van der Waals surface area (Å²) in [5.74, 6) is 2.99. The topological polar surface area (TPSA) is 84.6 Å². The monoisotopic (exact) mass is 331 g/mol. The number of nitrogens with zero attached hydrogens (tertiary/aromatic N) is 3. The first-order chi connectivity index (χ1) is 11.7. The van der Waals surface area contributed by atoms with Gasteiger partial charge in [0, 0.05) is 32.1 Å². The maximum atomic E-state index is 5.63. The highest BCUT2D eigenvalue weighted by molar-refractivity contribution is 5.79. The molecule has 1 aromatic carbocycles. The predicted octanol–water partition coefficient (Wildman–Crippen LogP) is 2.07. The van der Waals surface area contributed by atoms with E-state index in [1.165, 1.54) is 0 Å². The summed E-state index contributed by atoms with van der Waals surface area (Å²) in [5.41, 5.74) is 1.10.